The minimum atomic E-state index is -2.44. The van der Waals surface area contributed by atoms with Crippen LogP contribution in [-0.2, 0) is 19.2 Å². The van der Waals surface area contributed by atoms with Crippen LogP contribution < -0.4 is 15.4 Å². The molecule has 1 saturated carbocycles. The lowest BCUT2D eigenvalue weighted by molar-refractivity contribution is 0.0985. The Morgan fingerprint density at radius 3 is 2.82 bits per heavy atom. The fourth-order valence-electron chi connectivity index (χ4n) is 4.68. The highest BCUT2D eigenvalue weighted by Gasteiger charge is 2.46. The highest BCUT2D eigenvalue weighted by Crippen LogP contribution is 2.45. The van der Waals surface area contributed by atoms with Crippen molar-refractivity contribution in [1.82, 2.24) is 15.0 Å². The molecule has 1 unspecified atom stereocenters. The first-order chi connectivity index (χ1) is 15.8. The fraction of sp³-hybridized carbons (Fsp3) is 0.609. The van der Waals surface area contributed by atoms with E-state index < -0.39 is 14.5 Å². The number of hydrogen-bond acceptors (Lipinski definition) is 9. The van der Waals surface area contributed by atoms with Gasteiger partial charge in [-0.15, -0.1) is 0 Å². The number of ether oxygens (including phenoxy) is 2. The van der Waals surface area contributed by atoms with E-state index in [1.54, 1.807) is 19.2 Å². The smallest absolute Gasteiger partial charge is 0.215 e. The number of morpholine rings is 1. The molecule has 10 heteroatoms. The van der Waals surface area contributed by atoms with Crippen LogP contribution in [-0.4, -0.2) is 63.9 Å². The van der Waals surface area contributed by atoms with Crippen LogP contribution in [0.25, 0.3) is 11.4 Å². The van der Waals surface area contributed by atoms with Crippen molar-refractivity contribution in [3.8, 4) is 17.3 Å². The predicted molar refractivity (Wildman–Crippen MR) is 129 cm³/mol. The first kappa shape index (κ1) is 22.3. The zero-order chi connectivity index (χ0) is 23.2. The second kappa shape index (κ2) is 8.39. The molecule has 3 fully saturated rings. The topological polar surface area (TPSA) is 116 Å². The van der Waals surface area contributed by atoms with Crippen LogP contribution >= 0.6 is 0 Å². The van der Waals surface area contributed by atoms with Gasteiger partial charge in [-0.1, -0.05) is 0 Å². The third-order valence-corrected chi connectivity index (χ3v) is 10.2. The minimum Gasteiger partial charge on any atom is -0.481 e. The Bertz CT molecular complexity index is 1180. The van der Waals surface area contributed by atoms with Gasteiger partial charge in [-0.2, -0.15) is 4.98 Å². The molecule has 3 atom stereocenters. The van der Waals surface area contributed by atoms with Crippen molar-refractivity contribution in [3.63, 3.8) is 0 Å². The molecule has 5 rings (SSSR count). The van der Waals surface area contributed by atoms with Crippen molar-refractivity contribution in [1.29, 1.82) is 0 Å². The molecule has 0 amide bonds. The normalized spacial score (nSPS) is 29.8. The zero-order valence-corrected chi connectivity index (χ0v) is 20.3. The van der Waals surface area contributed by atoms with Crippen molar-refractivity contribution < 1.29 is 13.7 Å². The highest BCUT2D eigenvalue weighted by molar-refractivity contribution is 7.94. The Morgan fingerprint density at radius 2 is 2.09 bits per heavy atom. The van der Waals surface area contributed by atoms with Gasteiger partial charge in [0, 0.05) is 30.0 Å². The van der Waals surface area contributed by atoms with Gasteiger partial charge < -0.3 is 20.1 Å². The monoisotopic (exact) mass is 472 g/mol. The van der Waals surface area contributed by atoms with Crippen molar-refractivity contribution >= 4 is 21.4 Å². The number of anilines is 2. The van der Waals surface area contributed by atoms with E-state index in [1.165, 1.54) is 0 Å². The van der Waals surface area contributed by atoms with E-state index >= 15 is 0 Å². The van der Waals surface area contributed by atoms with Crippen molar-refractivity contribution in [2.45, 2.75) is 56.4 Å². The van der Waals surface area contributed by atoms with Gasteiger partial charge in [-0.05, 0) is 45.6 Å². The number of pyridine rings is 1. The molecule has 2 N–H and O–H groups in total. The Kier molecular flexibility index (Phi) is 5.68. The summed E-state index contributed by atoms with van der Waals surface area (Å²) in [5.41, 5.74) is 7.53. The number of rotatable bonds is 5. The summed E-state index contributed by atoms with van der Waals surface area (Å²) < 4.78 is 29.3. The number of nitrogens with two attached hydrogens (primary N) is 1. The van der Waals surface area contributed by atoms with E-state index in [0.717, 1.165) is 49.3 Å². The predicted octanol–water partition coefficient (Wildman–Crippen LogP) is 2.99. The summed E-state index contributed by atoms with van der Waals surface area (Å²) in [7, 11) is -0.882. The third kappa shape index (κ3) is 4.14. The summed E-state index contributed by atoms with van der Waals surface area (Å²) in [6, 6.07) is 5.95. The van der Waals surface area contributed by atoms with Crippen molar-refractivity contribution in [2.24, 2.45) is 4.36 Å². The summed E-state index contributed by atoms with van der Waals surface area (Å²) >= 11 is 0. The molecule has 2 aliphatic heterocycles. The molecule has 2 saturated heterocycles. The average Bonchev–Trinajstić information content (AvgIpc) is 3.56. The Balaban J connectivity index is 1.68. The SMILES string of the molecule is COc1cc(-c2nc(N3CCOC[C@H]3C)cc([C@]3(C)CCCS3(=O)=NC3CC3)n2)cc(N)n1. The Hall–Kier alpha value is -2.46. The molecule has 0 bridgehead atoms. The second-order valence-electron chi connectivity index (χ2n) is 9.39. The third-order valence-electron chi connectivity index (χ3n) is 6.85. The van der Waals surface area contributed by atoms with E-state index in [2.05, 4.69) is 23.7 Å². The maximum absolute atomic E-state index is 14.1. The second-order valence-corrected chi connectivity index (χ2v) is 12.2. The maximum atomic E-state index is 14.1. The van der Waals surface area contributed by atoms with Crippen LogP contribution in [0.1, 0.15) is 45.2 Å². The number of nitrogen functional groups attached to an aromatic ring is 1. The molecule has 0 radical (unpaired) electrons. The lowest BCUT2D eigenvalue weighted by Crippen LogP contribution is -2.44. The summed E-state index contributed by atoms with van der Waals surface area (Å²) in [4.78, 5) is 16.3. The number of nitrogens with zero attached hydrogens (tertiary/aromatic N) is 5. The lowest BCUT2D eigenvalue weighted by atomic mass is 10.0. The minimum absolute atomic E-state index is 0.170. The molecule has 0 aromatic carbocycles. The van der Waals surface area contributed by atoms with Gasteiger partial charge in [0.25, 0.3) is 0 Å². The zero-order valence-electron chi connectivity index (χ0n) is 19.5. The van der Waals surface area contributed by atoms with Gasteiger partial charge in [-0.25, -0.2) is 18.5 Å². The van der Waals surface area contributed by atoms with E-state index in [4.69, 9.17) is 29.5 Å². The number of aromatic nitrogens is 3. The van der Waals surface area contributed by atoms with Gasteiger partial charge >= 0.3 is 0 Å². The molecular formula is C23H32N6O3S. The molecule has 1 aliphatic carbocycles. The standard InChI is InChI=1S/C23H32N6O3S/c1-15-14-32-9-8-29(15)20-13-18(23(2)7-4-10-33(23,30)28-17-5-6-17)25-22(27-20)16-11-19(24)26-21(12-16)31-3/h11-13,15,17H,4-10,14H2,1-3H3,(H2,24,26)/t15-,23+,33?/m1/s1. The molecule has 0 spiro atoms. The molecule has 2 aromatic heterocycles. The molecule has 3 aliphatic rings. The van der Waals surface area contributed by atoms with E-state index in [1.807, 2.05) is 6.07 Å². The lowest BCUT2D eigenvalue weighted by Gasteiger charge is -2.35. The highest BCUT2D eigenvalue weighted by atomic mass is 32.2. The number of hydrogen-bond donors (Lipinski definition) is 1. The van der Waals surface area contributed by atoms with Crippen molar-refractivity contribution in [2.75, 3.05) is 43.3 Å². The van der Waals surface area contributed by atoms with Crippen molar-refractivity contribution in [3.05, 3.63) is 23.9 Å². The van der Waals surface area contributed by atoms with Gasteiger partial charge in [0.15, 0.2) is 5.82 Å². The van der Waals surface area contributed by atoms with Crippen LogP contribution in [0.2, 0.25) is 0 Å². The van der Waals surface area contributed by atoms with E-state index in [0.29, 0.717) is 36.5 Å². The van der Waals surface area contributed by atoms with Crippen LogP contribution in [0.15, 0.2) is 22.6 Å². The van der Waals surface area contributed by atoms with Crippen LogP contribution in [0.3, 0.4) is 0 Å². The van der Waals surface area contributed by atoms with Gasteiger partial charge in [0.1, 0.15) is 11.6 Å². The molecule has 33 heavy (non-hydrogen) atoms. The van der Waals surface area contributed by atoms with E-state index in [9.17, 15) is 4.21 Å². The average molecular weight is 473 g/mol. The van der Waals surface area contributed by atoms with E-state index in [-0.39, 0.29) is 12.1 Å². The van der Waals surface area contributed by atoms with Gasteiger partial charge in [-0.3, -0.25) is 0 Å². The first-order valence-corrected chi connectivity index (χ1v) is 13.3. The molecule has 2 aromatic rings. The Labute approximate surface area is 195 Å². The summed E-state index contributed by atoms with van der Waals surface area (Å²) in [6.07, 6.45) is 3.74. The summed E-state index contributed by atoms with van der Waals surface area (Å²) in [5.74, 6) is 2.69. The van der Waals surface area contributed by atoms with Gasteiger partial charge in [0.05, 0.1) is 52.6 Å². The quantitative estimate of drug-likeness (QED) is 0.706. The maximum Gasteiger partial charge on any atom is 0.215 e. The van der Waals surface area contributed by atoms with Crippen LogP contribution in [0.4, 0.5) is 11.6 Å². The van der Waals surface area contributed by atoms with Gasteiger partial charge in [0.2, 0.25) is 5.88 Å². The fourth-order valence-corrected chi connectivity index (χ4v) is 7.59. The summed E-state index contributed by atoms with van der Waals surface area (Å²) in [6.45, 7) is 6.19. The molecule has 4 heterocycles. The number of methoxy groups -OCH3 is 1. The molecule has 178 valence electrons. The first-order valence-electron chi connectivity index (χ1n) is 11.6. The molecular weight excluding hydrogens is 440 g/mol. The largest absolute Gasteiger partial charge is 0.481 e. The Morgan fingerprint density at radius 1 is 1.27 bits per heavy atom. The van der Waals surface area contributed by atoms with Crippen LogP contribution in [0.5, 0.6) is 5.88 Å². The molecule has 9 nitrogen and oxygen atoms in total. The van der Waals surface area contributed by atoms with Crippen LogP contribution in [0, 0.1) is 0 Å². The summed E-state index contributed by atoms with van der Waals surface area (Å²) in [5, 5.41) is 0.